The number of anilines is 1. The Balaban J connectivity index is 1.68. The van der Waals surface area contributed by atoms with Crippen molar-refractivity contribution >= 4 is 22.6 Å². The summed E-state index contributed by atoms with van der Waals surface area (Å²) < 4.78 is 40.7. The van der Waals surface area contributed by atoms with Crippen molar-refractivity contribution in [2.75, 3.05) is 11.9 Å². The molecule has 0 radical (unpaired) electrons. The summed E-state index contributed by atoms with van der Waals surface area (Å²) in [5, 5.41) is 2.60. The van der Waals surface area contributed by atoms with Crippen LogP contribution < -0.4 is 15.7 Å². The molecule has 1 amide bonds. The standard InChI is InChI=1S/C15H11F3N4O3/c16-15(17,18)7-25-12-4-1-8(6-19-12)13(23)20-9-2-3-10-11(5-9)22-14(24)21-10/h1-6H,7H2,(H,20,23)(H2,21,22,24). The Labute approximate surface area is 137 Å². The second-order valence-electron chi connectivity index (χ2n) is 5.08. The zero-order chi connectivity index (χ0) is 18.0. The van der Waals surface area contributed by atoms with Gasteiger partial charge in [-0.15, -0.1) is 0 Å². The Morgan fingerprint density at radius 2 is 1.92 bits per heavy atom. The van der Waals surface area contributed by atoms with Gasteiger partial charge >= 0.3 is 11.9 Å². The van der Waals surface area contributed by atoms with Crippen LogP contribution in [0.2, 0.25) is 0 Å². The number of aromatic amines is 2. The number of hydrogen-bond donors (Lipinski definition) is 3. The molecule has 0 aliphatic rings. The number of benzene rings is 1. The molecule has 3 rings (SSSR count). The van der Waals surface area contributed by atoms with Crippen LogP contribution in [0.15, 0.2) is 41.3 Å². The molecule has 0 saturated carbocycles. The van der Waals surface area contributed by atoms with Gasteiger partial charge in [-0.2, -0.15) is 13.2 Å². The quantitative estimate of drug-likeness (QED) is 0.671. The van der Waals surface area contributed by atoms with Crippen molar-refractivity contribution in [2.45, 2.75) is 6.18 Å². The summed E-state index contributed by atoms with van der Waals surface area (Å²) in [4.78, 5) is 32.1. The summed E-state index contributed by atoms with van der Waals surface area (Å²) in [5.41, 5.74) is 1.33. The number of hydrogen-bond acceptors (Lipinski definition) is 4. The van der Waals surface area contributed by atoms with E-state index in [1.165, 1.54) is 12.1 Å². The molecule has 0 fully saturated rings. The van der Waals surface area contributed by atoms with Gasteiger partial charge in [-0.25, -0.2) is 9.78 Å². The summed E-state index contributed by atoms with van der Waals surface area (Å²) in [5.74, 6) is -0.743. The van der Waals surface area contributed by atoms with E-state index in [0.29, 0.717) is 16.7 Å². The van der Waals surface area contributed by atoms with Crippen LogP contribution in [0, 0.1) is 0 Å². The monoisotopic (exact) mass is 352 g/mol. The molecule has 0 aliphatic heterocycles. The Morgan fingerprint density at radius 1 is 1.16 bits per heavy atom. The van der Waals surface area contributed by atoms with Gasteiger partial charge in [0, 0.05) is 18.0 Å². The van der Waals surface area contributed by atoms with Crippen molar-refractivity contribution in [3.63, 3.8) is 0 Å². The highest BCUT2D eigenvalue weighted by Gasteiger charge is 2.28. The molecule has 2 aromatic heterocycles. The normalized spacial score (nSPS) is 11.5. The Morgan fingerprint density at radius 3 is 2.60 bits per heavy atom. The highest BCUT2D eigenvalue weighted by molar-refractivity contribution is 6.04. The molecular weight excluding hydrogens is 341 g/mol. The van der Waals surface area contributed by atoms with E-state index in [1.54, 1.807) is 18.2 Å². The smallest absolute Gasteiger partial charge is 0.422 e. The number of halogens is 3. The van der Waals surface area contributed by atoms with Gasteiger partial charge in [0.1, 0.15) is 0 Å². The van der Waals surface area contributed by atoms with Gasteiger partial charge < -0.3 is 20.0 Å². The van der Waals surface area contributed by atoms with Gasteiger partial charge in [0.15, 0.2) is 6.61 Å². The molecule has 0 atom stereocenters. The maximum absolute atomic E-state index is 12.1. The maximum atomic E-state index is 12.1. The van der Waals surface area contributed by atoms with E-state index < -0.39 is 18.7 Å². The van der Waals surface area contributed by atoms with Crippen LogP contribution in [0.5, 0.6) is 5.88 Å². The number of aromatic nitrogens is 3. The van der Waals surface area contributed by atoms with E-state index in [-0.39, 0.29) is 17.1 Å². The average molecular weight is 352 g/mol. The number of alkyl halides is 3. The molecule has 0 unspecified atom stereocenters. The number of H-pyrrole nitrogens is 2. The Kier molecular flexibility index (Phi) is 4.17. The van der Waals surface area contributed by atoms with Crippen LogP contribution in [0.1, 0.15) is 10.4 Å². The average Bonchev–Trinajstić information content (AvgIpc) is 2.92. The van der Waals surface area contributed by atoms with Gasteiger partial charge in [-0.3, -0.25) is 4.79 Å². The molecular formula is C15H11F3N4O3. The molecule has 0 spiro atoms. The summed E-state index contributed by atoms with van der Waals surface area (Å²) in [7, 11) is 0. The van der Waals surface area contributed by atoms with Gasteiger partial charge in [0.05, 0.1) is 16.6 Å². The third-order valence-electron chi connectivity index (χ3n) is 3.16. The van der Waals surface area contributed by atoms with E-state index in [0.717, 1.165) is 6.20 Å². The molecule has 0 bridgehead atoms. The minimum atomic E-state index is -4.46. The zero-order valence-electron chi connectivity index (χ0n) is 12.5. The van der Waals surface area contributed by atoms with E-state index in [9.17, 15) is 22.8 Å². The number of imidazole rings is 1. The van der Waals surface area contributed by atoms with Crippen molar-refractivity contribution in [2.24, 2.45) is 0 Å². The van der Waals surface area contributed by atoms with Crippen LogP contribution in [0.4, 0.5) is 18.9 Å². The topological polar surface area (TPSA) is 99.9 Å². The largest absolute Gasteiger partial charge is 0.468 e. The number of amides is 1. The molecule has 130 valence electrons. The third kappa shape index (κ3) is 4.16. The lowest BCUT2D eigenvalue weighted by Crippen LogP contribution is -2.19. The van der Waals surface area contributed by atoms with Gasteiger partial charge in [-0.1, -0.05) is 0 Å². The Bertz CT molecular complexity index is 961. The number of ether oxygens (including phenoxy) is 1. The third-order valence-corrected chi connectivity index (χ3v) is 3.16. The van der Waals surface area contributed by atoms with Crippen LogP contribution in [-0.2, 0) is 0 Å². The lowest BCUT2D eigenvalue weighted by Gasteiger charge is -2.09. The molecule has 0 aliphatic carbocycles. The van der Waals surface area contributed by atoms with Crippen LogP contribution in [0.25, 0.3) is 11.0 Å². The van der Waals surface area contributed by atoms with Gasteiger partial charge in [0.2, 0.25) is 5.88 Å². The van der Waals surface area contributed by atoms with Crippen molar-refractivity contribution in [3.05, 3.63) is 52.6 Å². The second kappa shape index (κ2) is 6.30. The molecule has 3 N–H and O–H groups in total. The highest BCUT2D eigenvalue weighted by Crippen LogP contribution is 2.18. The van der Waals surface area contributed by atoms with E-state index >= 15 is 0 Å². The first kappa shape index (κ1) is 16.6. The number of carbonyl (C=O) groups is 1. The lowest BCUT2D eigenvalue weighted by atomic mass is 10.2. The first-order valence-corrected chi connectivity index (χ1v) is 6.99. The van der Waals surface area contributed by atoms with Gasteiger partial charge in [-0.05, 0) is 24.3 Å². The molecule has 3 aromatic rings. The number of nitrogens with one attached hydrogen (secondary N) is 3. The number of fused-ring (bicyclic) bond motifs is 1. The summed E-state index contributed by atoms with van der Waals surface area (Å²) in [6.45, 7) is -1.46. The minimum absolute atomic E-state index is 0.141. The predicted octanol–water partition coefficient (Wildman–Crippen LogP) is 2.44. The number of carbonyl (C=O) groups excluding carboxylic acids is 1. The molecule has 10 heteroatoms. The Hall–Kier alpha value is -3.30. The summed E-state index contributed by atoms with van der Waals surface area (Å²) >= 11 is 0. The number of pyridine rings is 1. The summed E-state index contributed by atoms with van der Waals surface area (Å²) in [6.07, 6.45) is -3.35. The van der Waals surface area contributed by atoms with Crippen LogP contribution in [0.3, 0.4) is 0 Å². The first-order chi connectivity index (χ1) is 11.8. The fraction of sp³-hybridized carbons (Fsp3) is 0.133. The zero-order valence-corrected chi connectivity index (χ0v) is 12.5. The van der Waals surface area contributed by atoms with E-state index in [4.69, 9.17) is 0 Å². The predicted molar refractivity (Wildman–Crippen MR) is 82.7 cm³/mol. The lowest BCUT2D eigenvalue weighted by molar-refractivity contribution is -0.154. The second-order valence-corrected chi connectivity index (χ2v) is 5.08. The number of rotatable bonds is 4. The van der Waals surface area contributed by atoms with Crippen molar-refractivity contribution in [1.29, 1.82) is 0 Å². The SMILES string of the molecule is O=C(Nc1ccc2[nH]c(=O)[nH]c2c1)c1ccc(OCC(F)(F)F)nc1. The van der Waals surface area contributed by atoms with Crippen LogP contribution in [-0.4, -0.2) is 33.6 Å². The van der Waals surface area contributed by atoms with Crippen molar-refractivity contribution in [3.8, 4) is 5.88 Å². The fourth-order valence-electron chi connectivity index (χ4n) is 2.07. The first-order valence-electron chi connectivity index (χ1n) is 6.99. The number of nitrogens with zero attached hydrogens (tertiary/aromatic N) is 1. The van der Waals surface area contributed by atoms with Crippen molar-refractivity contribution < 1.29 is 22.7 Å². The molecule has 0 saturated heterocycles. The fourth-order valence-corrected chi connectivity index (χ4v) is 2.07. The maximum Gasteiger partial charge on any atom is 0.422 e. The summed E-state index contributed by atoms with van der Waals surface area (Å²) in [6, 6.07) is 7.25. The molecule has 25 heavy (non-hydrogen) atoms. The highest BCUT2D eigenvalue weighted by atomic mass is 19.4. The minimum Gasteiger partial charge on any atom is -0.468 e. The van der Waals surface area contributed by atoms with E-state index in [2.05, 4.69) is 25.0 Å². The molecule has 2 heterocycles. The molecule has 7 nitrogen and oxygen atoms in total. The van der Waals surface area contributed by atoms with Gasteiger partial charge in [0.25, 0.3) is 5.91 Å². The van der Waals surface area contributed by atoms with E-state index in [1.807, 2.05) is 0 Å². The van der Waals surface area contributed by atoms with Crippen LogP contribution >= 0.6 is 0 Å². The molecule has 1 aromatic carbocycles. The van der Waals surface area contributed by atoms with Crippen molar-refractivity contribution in [1.82, 2.24) is 15.0 Å².